The monoisotopic (exact) mass is 385 g/mol. The van der Waals surface area contributed by atoms with Crippen LogP contribution in [0.4, 0.5) is 14.5 Å². The van der Waals surface area contributed by atoms with Gasteiger partial charge in [-0.05, 0) is 29.8 Å². The molecule has 1 aliphatic heterocycles. The molecule has 0 aromatic heterocycles. The summed E-state index contributed by atoms with van der Waals surface area (Å²) in [5.41, 5.74) is 2.20. The zero-order valence-electron chi connectivity index (χ0n) is 15.0. The van der Waals surface area contributed by atoms with Gasteiger partial charge in [-0.15, -0.1) is 11.7 Å². The zero-order valence-corrected chi connectivity index (χ0v) is 15.0. The van der Waals surface area contributed by atoms with E-state index < -0.39 is 6.61 Å². The molecular formula is C20H17F2N3O3. The van der Waals surface area contributed by atoms with Crippen LogP contribution in [0, 0.1) is 0 Å². The van der Waals surface area contributed by atoms with E-state index >= 15 is 0 Å². The van der Waals surface area contributed by atoms with Crippen molar-refractivity contribution in [2.75, 3.05) is 18.6 Å². The second kappa shape index (κ2) is 8.43. The van der Waals surface area contributed by atoms with E-state index in [1.165, 1.54) is 31.5 Å². The Balaban J connectivity index is 1.86. The number of alkyl halides is 2. The van der Waals surface area contributed by atoms with E-state index in [0.717, 1.165) is 5.69 Å². The van der Waals surface area contributed by atoms with Crippen LogP contribution >= 0.6 is 0 Å². The lowest BCUT2D eigenvalue weighted by molar-refractivity contribution is -0.112. The minimum Gasteiger partial charge on any atom is -0.493 e. The van der Waals surface area contributed by atoms with Gasteiger partial charge in [-0.2, -0.15) is 13.9 Å². The number of halogens is 2. The van der Waals surface area contributed by atoms with Crippen LogP contribution < -0.4 is 14.4 Å². The lowest BCUT2D eigenvalue weighted by Gasteiger charge is -2.13. The number of amides is 1. The van der Waals surface area contributed by atoms with Crippen molar-refractivity contribution >= 4 is 23.5 Å². The van der Waals surface area contributed by atoms with Gasteiger partial charge in [0.25, 0.3) is 5.91 Å². The van der Waals surface area contributed by atoms with Gasteiger partial charge in [-0.25, -0.2) is 0 Å². The molecular weight excluding hydrogens is 368 g/mol. The van der Waals surface area contributed by atoms with Gasteiger partial charge < -0.3 is 14.4 Å². The summed E-state index contributed by atoms with van der Waals surface area (Å²) in [6.45, 7) is 1.08. The van der Waals surface area contributed by atoms with Gasteiger partial charge in [0.05, 0.1) is 19.0 Å². The number of benzene rings is 2. The standard InChI is InChI=1S/C20H17F2N3O3/c1-3-10-25-15-7-5-4-6-14(15)18(19(25)26)24-23-12-13-8-9-16(28-20(21)22)17(11-13)27-2/h3-9,11-12,20H,1,10H2,2H3/b23-12-,24-18-. The molecule has 0 atom stereocenters. The Kier molecular flexibility index (Phi) is 5.78. The number of hydrogen-bond acceptors (Lipinski definition) is 5. The Morgan fingerprint density at radius 1 is 1.21 bits per heavy atom. The van der Waals surface area contributed by atoms with Gasteiger partial charge in [0.1, 0.15) is 0 Å². The number of nitrogens with zero attached hydrogens (tertiary/aromatic N) is 3. The molecule has 8 heteroatoms. The van der Waals surface area contributed by atoms with Crippen LogP contribution in [0.25, 0.3) is 0 Å². The maximum absolute atomic E-state index is 12.6. The fourth-order valence-corrected chi connectivity index (χ4v) is 2.78. The van der Waals surface area contributed by atoms with E-state index in [1.54, 1.807) is 17.0 Å². The molecule has 28 heavy (non-hydrogen) atoms. The highest BCUT2D eigenvalue weighted by atomic mass is 19.3. The fraction of sp³-hybridized carbons (Fsp3) is 0.150. The predicted octanol–water partition coefficient (Wildman–Crippen LogP) is 3.65. The summed E-state index contributed by atoms with van der Waals surface area (Å²) in [6, 6.07) is 11.6. The maximum Gasteiger partial charge on any atom is 0.387 e. The first kappa shape index (κ1) is 19.2. The lowest BCUT2D eigenvalue weighted by Crippen LogP contribution is -2.30. The molecule has 144 valence electrons. The zero-order chi connectivity index (χ0) is 20.1. The summed E-state index contributed by atoms with van der Waals surface area (Å²) in [7, 11) is 1.34. The summed E-state index contributed by atoms with van der Waals surface area (Å²) >= 11 is 0. The molecule has 1 aliphatic rings. The molecule has 1 amide bonds. The van der Waals surface area contributed by atoms with Gasteiger partial charge in [-0.3, -0.25) is 4.79 Å². The van der Waals surface area contributed by atoms with Crippen molar-refractivity contribution < 1.29 is 23.0 Å². The van der Waals surface area contributed by atoms with Crippen molar-refractivity contribution in [2.45, 2.75) is 6.61 Å². The Morgan fingerprint density at radius 2 is 2.00 bits per heavy atom. The van der Waals surface area contributed by atoms with Crippen LogP contribution in [0.15, 0.2) is 65.3 Å². The molecule has 0 aliphatic carbocycles. The second-order valence-electron chi connectivity index (χ2n) is 5.70. The summed E-state index contributed by atoms with van der Waals surface area (Å²) in [5.74, 6) is -0.214. The number of para-hydroxylation sites is 1. The van der Waals surface area contributed by atoms with Crippen molar-refractivity contribution in [3.05, 3.63) is 66.2 Å². The highest BCUT2D eigenvalue weighted by Crippen LogP contribution is 2.30. The molecule has 0 bridgehead atoms. The smallest absolute Gasteiger partial charge is 0.387 e. The minimum atomic E-state index is -2.95. The van der Waals surface area contributed by atoms with Crippen LogP contribution in [0.5, 0.6) is 11.5 Å². The lowest BCUT2D eigenvalue weighted by atomic mass is 10.1. The quantitative estimate of drug-likeness (QED) is 0.415. The normalized spacial score (nSPS) is 14.8. The second-order valence-corrected chi connectivity index (χ2v) is 5.70. The molecule has 0 spiro atoms. The van der Waals surface area contributed by atoms with Gasteiger partial charge in [-0.1, -0.05) is 24.3 Å². The van der Waals surface area contributed by atoms with Crippen molar-refractivity contribution in [1.82, 2.24) is 0 Å². The molecule has 2 aromatic carbocycles. The average Bonchev–Trinajstić information content (AvgIpc) is 2.95. The van der Waals surface area contributed by atoms with E-state index in [1.807, 2.05) is 18.2 Å². The minimum absolute atomic E-state index is 0.0825. The summed E-state index contributed by atoms with van der Waals surface area (Å²) in [6.07, 6.45) is 3.03. The third-order valence-corrected chi connectivity index (χ3v) is 3.98. The van der Waals surface area contributed by atoms with Crippen LogP contribution in [-0.4, -0.2) is 38.1 Å². The highest BCUT2D eigenvalue weighted by Gasteiger charge is 2.32. The third-order valence-electron chi connectivity index (χ3n) is 3.98. The number of methoxy groups -OCH3 is 1. The van der Waals surface area contributed by atoms with Gasteiger partial charge in [0, 0.05) is 12.1 Å². The molecule has 3 rings (SSSR count). The number of hydrogen-bond donors (Lipinski definition) is 0. The SMILES string of the molecule is C=CCN1C(=O)/C(=N\N=C/c2ccc(OC(F)F)c(OC)c2)c2ccccc21. The summed E-state index contributed by atoms with van der Waals surface area (Å²) in [5, 5.41) is 8.05. The number of ether oxygens (including phenoxy) is 2. The van der Waals surface area contributed by atoms with Crippen molar-refractivity contribution in [1.29, 1.82) is 0 Å². The molecule has 2 aromatic rings. The van der Waals surface area contributed by atoms with E-state index in [9.17, 15) is 13.6 Å². The number of rotatable bonds is 7. The van der Waals surface area contributed by atoms with Gasteiger partial charge in [0.2, 0.25) is 0 Å². The van der Waals surface area contributed by atoms with E-state index in [4.69, 9.17) is 4.74 Å². The van der Waals surface area contributed by atoms with Crippen LogP contribution in [0.3, 0.4) is 0 Å². The van der Waals surface area contributed by atoms with E-state index in [-0.39, 0.29) is 23.1 Å². The molecule has 1 heterocycles. The Morgan fingerprint density at radius 3 is 2.71 bits per heavy atom. The van der Waals surface area contributed by atoms with Crippen molar-refractivity contribution in [2.24, 2.45) is 10.2 Å². The number of carbonyl (C=O) groups is 1. The predicted molar refractivity (Wildman–Crippen MR) is 103 cm³/mol. The Bertz CT molecular complexity index is 957. The average molecular weight is 385 g/mol. The number of fused-ring (bicyclic) bond motifs is 1. The van der Waals surface area contributed by atoms with Crippen LogP contribution in [0.2, 0.25) is 0 Å². The largest absolute Gasteiger partial charge is 0.493 e. The van der Waals surface area contributed by atoms with Gasteiger partial charge >= 0.3 is 6.61 Å². The molecule has 0 saturated heterocycles. The maximum atomic E-state index is 12.6. The molecule has 0 radical (unpaired) electrons. The van der Waals surface area contributed by atoms with Crippen LogP contribution in [-0.2, 0) is 4.79 Å². The summed E-state index contributed by atoms with van der Waals surface area (Å²) in [4.78, 5) is 14.2. The topological polar surface area (TPSA) is 63.5 Å². The molecule has 0 saturated carbocycles. The summed E-state index contributed by atoms with van der Waals surface area (Å²) < 4.78 is 34.2. The first-order chi connectivity index (χ1) is 13.5. The Hall–Kier alpha value is -3.55. The molecule has 0 N–H and O–H groups in total. The highest BCUT2D eigenvalue weighted by molar-refractivity contribution is 6.54. The van der Waals surface area contributed by atoms with E-state index in [2.05, 4.69) is 21.5 Å². The van der Waals surface area contributed by atoms with Gasteiger partial charge in [0.15, 0.2) is 17.2 Å². The molecule has 0 unspecified atom stereocenters. The molecule has 6 nitrogen and oxygen atoms in total. The first-order valence-electron chi connectivity index (χ1n) is 8.31. The Labute approximate surface area is 160 Å². The number of anilines is 1. The first-order valence-corrected chi connectivity index (χ1v) is 8.31. The third kappa shape index (κ3) is 3.90. The fourth-order valence-electron chi connectivity index (χ4n) is 2.78. The molecule has 0 fully saturated rings. The van der Waals surface area contributed by atoms with Crippen LogP contribution in [0.1, 0.15) is 11.1 Å². The number of carbonyl (C=O) groups excluding carboxylic acids is 1. The van der Waals surface area contributed by atoms with E-state index in [0.29, 0.717) is 17.7 Å². The van der Waals surface area contributed by atoms with Crippen molar-refractivity contribution in [3.8, 4) is 11.5 Å². The van der Waals surface area contributed by atoms with Crippen molar-refractivity contribution in [3.63, 3.8) is 0 Å².